The molecule has 0 unspecified atom stereocenters. The monoisotopic (exact) mass is 384 g/mol. The molecule has 150 valence electrons. The number of carbonyl (C=O) groups is 1. The smallest absolute Gasteiger partial charge is 0.224 e. The van der Waals surface area contributed by atoms with Crippen LogP contribution in [0.25, 0.3) is 0 Å². The van der Waals surface area contributed by atoms with Crippen molar-refractivity contribution in [2.45, 2.75) is 13.0 Å². The number of benzene rings is 2. The summed E-state index contributed by atoms with van der Waals surface area (Å²) >= 11 is 0. The molecule has 0 spiro atoms. The topological polar surface area (TPSA) is 55.2 Å². The van der Waals surface area contributed by atoms with E-state index >= 15 is 0 Å². The predicted octanol–water partition coefficient (Wildman–Crippen LogP) is 0.897. The maximum absolute atomic E-state index is 12.3. The lowest BCUT2D eigenvalue weighted by molar-refractivity contribution is -0.880. The summed E-state index contributed by atoms with van der Waals surface area (Å²) in [5.41, 5.74) is 3.25. The van der Waals surface area contributed by atoms with Gasteiger partial charge in [-0.05, 0) is 35.4 Å². The lowest BCUT2D eigenvalue weighted by atomic mass is 10.1. The molecule has 1 aliphatic heterocycles. The molecule has 1 fully saturated rings. The number of ether oxygens (including phenoxy) is 2. The molecule has 2 aromatic rings. The summed E-state index contributed by atoms with van der Waals surface area (Å²) in [7, 11) is 5.43. The molecule has 6 nitrogen and oxygen atoms in total. The lowest BCUT2D eigenvalue weighted by Crippen LogP contribution is -3.12. The molecule has 0 atom stereocenters. The normalized spacial score (nSPS) is 14.6. The fourth-order valence-corrected chi connectivity index (χ4v) is 3.41. The van der Waals surface area contributed by atoms with Crippen molar-refractivity contribution in [1.82, 2.24) is 5.32 Å². The number of methoxy groups -OCH3 is 2. The van der Waals surface area contributed by atoms with Gasteiger partial charge in [-0.1, -0.05) is 18.2 Å². The number of nitrogens with one attached hydrogen (secondary N) is 2. The van der Waals surface area contributed by atoms with Gasteiger partial charge in [-0.3, -0.25) is 4.79 Å². The minimum Gasteiger partial charge on any atom is -0.493 e. The Kier molecular flexibility index (Phi) is 6.76. The van der Waals surface area contributed by atoms with Crippen LogP contribution in [-0.4, -0.2) is 53.4 Å². The highest BCUT2D eigenvalue weighted by Crippen LogP contribution is 2.27. The second kappa shape index (κ2) is 9.46. The summed E-state index contributed by atoms with van der Waals surface area (Å²) in [6, 6.07) is 14.0. The molecule has 0 aromatic heterocycles. The molecule has 3 rings (SSSR count). The average molecular weight is 385 g/mol. The number of amides is 1. The first-order valence-corrected chi connectivity index (χ1v) is 9.72. The van der Waals surface area contributed by atoms with E-state index in [4.69, 9.17) is 9.47 Å². The van der Waals surface area contributed by atoms with Gasteiger partial charge >= 0.3 is 0 Å². The molecular formula is C22H30N3O3+. The van der Waals surface area contributed by atoms with Crippen molar-refractivity contribution in [3.05, 3.63) is 53.6 Å². The van der Waals surface area contributed by atoms with Crippen LogP contribution >= 0.6 is 0 Å². The van der Waals surface area contributed by atoms with E-state index in [2.05, 4.69) is 41.5 Å². The third-order valence-corrected chi connectivity index (χ3v) is 5.22. The Morgan fingerprint density at radius 2 is 1.64 bits per heavy atom. The van der Waals surface area contributed by atoms with Crippen LogP contribution in [0.3, 0.4) is 0 Å². The van der Waals surface area contributed by atoms with E-state index in [9.17, 15) is 4.79 Å². The molecule has 1 saturated heterocycles. The Labute approximate surface area is 167 Å². The Balaban J connectivity index is 1.50. The van der Waals surface area contributed by atoms with Crippen molar-refractivity contribution in [3.63, 3.8) is 0 Å². The zero-order valence-electron chi connectivity index (χ0n) is 17.0. The molecule has 1 heterocycles. The summed E-state index contributed by atoms with van der Waals surface area (Å²) in [6.07, 6.45) is 0.308. The maximum Gasteiger partial charge on any atom is 0.224 e. The molecule has 2 aromatic carbocycles. The second-order valence-corrected chi connectivity index (χ2v) is 7.25. The van der Waals surface area contributed by atoms with Gasteiger partial charge in [-0.25, -0.2) is 0 Å². The van der Waals surface area contributed by atoms with Gasteiger partial charge in [-0.2, -0.15) is 0 Å². The highest BCUT2D eigenvalue weighted by atomic mass is 16.5. The minimum atomic E-state index is -0.0154. The molecule has 2 N–H and O–H groups in total. The third-order valence-electron chi connectivity index (χ3n) is 5.22. The van der Waals surface area contributed by atoms with Gasteiger partial charge in [0.05, 0.1) is 53.9 Å². The number of hydrogen-bond acceptors (Lipinski definition) is 4. The van der Waals surface area contributed by atoms with Gasteiger partial charge in [-0.15, -0.1) is 0 Å². The zero-order chi connectivity index (χ0) is 19.9. The van der Waals surface area contributed by atoms with Crippen molar-refractivity contribution in [2.75, 3.05) is 52.3 Å². The van der Waals surface area contributed by atoms with E-state index in [0.717, 1.165) is 24.2 Å². The fourth-order valence-electron chi connectivity index (χ4n) is 3.41. The van der Waals surface area contributed by atoms with Crippen LogP contribution in [0.1, 0.15) is 11.1 Å². The summed E-state index contributed by atoms with van der Waals surface area (Å²) in [5, 5.41) is 2.99. The van der Waals surface area contributed by atoms with E-state index < -0.39 is 0 Å². The van der Waals surface area contributed by atoms with Crippen LogP contribution in [0.4, 0.5) is 5.69 Å². The van der Waals surface area contributed by atoms with Crippen LogP contribution in [0, 0.1) is 0 Å². The Hall–Kier alpha value is -2.73. The first-order chi connectivity index (χ1) is 13.6. The number of anilines is 1. The Morgan fingerprint density at radius 3 is 2.29 bits per heavy atom. The number of carbonyl (C=O) groups excluding carboxylic acids is 1. The molecule has 0 saturated carbocycles. The van der Waals surface area contributed by atoms with Crippen LogP contribution in [-0.2, 0) is 17.8 Å². The second-order valence-electron chi connectivity index (χ2n) is 7.25. The number of piperazine rings is 1. The van der Waals surface area contributed by atoms with Crippen LogP contribution < -0.4 is 24.6 Å². The van der Waals surface area contributed by atoms with Crippen LogP contribution in [0.15, 0.2) is 42.5 Å². The zero-order valence-corrected chi connectivity index (χ0v) is 17.0. The van der Waals surface area contributed by atoms with E-state index in [1.165, 1.54) is 18.8 Å². The van der Waals surface area contributed by atoms with Gasteiger partial charge in [0.15, 0.2) is 11.5 Å². The quantitative estimate of drug-likeness (QED) is 0.745. The van der Waals surface area contributed by atoms with Crippen LogP contribution in [0.2, 0.25) is 0 Å². The first-order valence-electron chi connectivity index (χ1n) is 9.72. The molecular weight excluding hydrogens is 354 g/mol. The summed E-state index contributed by atoms with van der Waals surface area (Å²) in [4.78, 5) is 16.3. The van der Waals surface area contributed by atoms with Gasteiger partial charge in [0.1, 0.15) is 0 Å². The van der Waals surface area contributed by atoms with Crippen molar-refractivity contribution in [3.8, 4) is 11.5 Å². The number of nitrogens with zero attached hydrogens (tertiary/aromatic N) is 1. The number of quaternary nitrogens is 1. The van der Waals surface area contributed by atoms with Crippen molar-refractivity contribution in [1.29, 1.82) is 0 Å². The molecule has 0 radical (unpaired) electrons. The molecule has 1 aliphatic rings. The summed E-state index contributed by atoms with van der Waals surface area (Å²) in [5.74, 6) is 1.28. The van der Waals surface area contributed by atoms with Crippen LogP contribution in [0.5, 0.6) is 11.5 Å². The third kappa shape index (κ3) is 5.16. The van der Waals surface area contributed by atoms with E-state index in [0.29, 0.717) is 24.5 Å². The highest BCUT2D eigenvalue weighted by Gasteiger charge is 2.16. The number of rotatable bonds is 7. The lowest BCUT2D eigenvalue weighted by Gasteiger charge is -2.31. The Bertz CT molecular complexity index is 784. The van der Waals surface area contributed by atoms with E-state index in [-0.39, 0.29) is 5.91 Å². The molecule has 6 heteroatoms. The van der Waals surface area contributed by atoms with Gasteiger partial charge in [0, 0.05) is 12.2 Å². The standard InChI is InChI=1S/C22H29N3O3/c1-24-10-12-25(13-11-24)19-7-4-17(5-8-19)16-23-22(26)15-18-6-9-20(27-2)21(14-18)28-3/h4-9,14H,10-13,15-16H2,1-3H3,(H,23,26)/p+1. The largest absolute Gasteiger partial charge is 0.493 e. The fraction of sp³-hybridized carbons (Fsp3) is 0.409. The maximum atomic E-state index is 12.3. The van der Waals surface area contributed by atoms with Gasteiger partial charge in [0.2, 0.25) is 5.91 Å². The van der Waals surface area contributed by atoms with Crippen molar-refractivity contribution in [2.24, 2.45) is 0 Å². The molecule has 28 heavy (non-hydrogen) atoms. The molecule has 0 bridgehead atoms. The van der Waals surface area contributed by atoms with Crippen molar-refractivity contribution >= 4 is 11.6 Å². The summed E-state index contributed by atoms with van der Waals surface area (Å²) in [6.45, 7) is 5.06. The minimum absolute atomic E-state index is 0.0154. The number of likely N-dealkylation sites (N-methyl/N-ethyl adjacent to an activating group) is 1. The summed E-state index contributed by atoms with van der Waals surface area (Å²) < 4.78 is 10.5. The Morgan fingerprint density at radius 1 is 1.00 bits per heavy atom. The van der Waals surface area contributed by atoms with E-state index in [1.54, 1.807) is 19.1 Å². The molecule has 1 amide bonds. The van der Waals surface area contributed by atoms with E-state index in [1.807, 2.05) is 18.2 Å². The van der Waals surface area contributed by atoms with Gasteiger partial charge in [0.25, 0.3) is 0 Å². The average Bonchev–Trinajstić information content (AvgIpc) is 2.73. The van der Waals surface area contributed by atoms with Crippen molar-refractivity contribution < 1.29 is 19.2 Å². The molecule has 0 aliphatic carbocycles. The predicted molar refractivity (Wildman–Crippen MR) is 110 cm³/mol. The first kappa shape index (κ1) is 20.0. The highest BCUT2D eigenvalue weighted by molar-refractivity contribution is 5.78. The SMILES string of the molecule is COc1ccc(CC(=O)NCc2ccc(N3CC[NH+](C)CC3)cc2)cc1OC. The number of hydrogen-bond donors (Lipinski definition) is 2. The van der Waals surface area contributed by atoms with Gasteiger partial charge < -0.3 is 24.6 Å².